The fourth-order valence-corrected chi connectivity index (χ4v) is 12.8. The first-order chi connectivity index (χ1) is 44.5. The van der Waals surface area contributed by atoms with Crippen LogP contribution in [0, 0.1) is 0 Å². The lowest BCUT2D eigenvalue weighted by Crippen LogP contribution is -2.45. The minimum absolute atomic E-state index is 0.0127. The summed E-state index contributed by atoms with van der Waals surface area (Å²) < 4.78 is 5.50. The highest BCUT2D eigenvalue weighted by Crippen LogP contribution is 2.19. The zero-order valence-corrected chi connectivity index (χ0v) is 60.9. The van der Waals surface area contributed by atoms with E-state index in [1.54, 1.807) is 6.08 Å². The molecule has 6 nitrogen and oxygen atoms in total. The first kappa shape index (κ1) is 87.8. The van der Waals surface area contributed by atoms with Crippen LogP contribution in [0.25, 0.3) is 0 Å². The minimum atomic E-state index is -0.844. The summed E-state index contributed by atoms with van der Waals surface area (Å²) in [5.74, 6) is -0.0484. The van der Waals surface area contributed by atoms with Crippen molar-refractivity contribution in [3.63, 3.8) is 0 Å². The molecule has 0 radical (unpaired) electrons. The van der Waals surface area contributed by atoms with Gasteiger partial charge >= 0.3 is 5.97 Å². The normalized spacial score (nSPS) is 12.7. The van der Waals surface area contributed by atoms with E-state index >= 15 is 0 Å². The van der Waals surface area contributed by atoms with E-state index in [9.17, 15) is 19.8 Å². The van der Waals surface area contributed by atoms with Crippen LogP contribution in [-0.2, 0) is 14.3 Å². The molecule has 530 valence electrons. The van der Waals surface area contributed by atoms with Gasteiger partial charge < -0.3 is 20.3 Å². The maximum absolute atomic E-state index is 12.5. The van der Waals surface area contributed by atoms with Gasteiger partial charge in [0.05, 0.1) is 25.4 Å². The Hall–Kier alpha value is -2.18. The number of aliphatic hydroxyl groups excluding tert-OH is 2. The lowest BCUT2D eigenvalue weighted by atomic mass is 10.0. The Kier molecular flexibility index (Phi) is 77.3. The van der Waals surface area contributed by atoms with Crippen molar-refractivity contribution in [2.45, 2.75) is 463 Å². The number of hydrogen-bond acceptors (Lipinski definition) is 5. The van der Waals surface area contributed by atoms with Crippen LogP contribution in [0.2, 0.25) is 0 Å². The summed E-state index contributed by atoms with van der Waals surface area (Å²) in [7, 11) is 0. The van der Waals surface area contributed by atoms with Crippen molar-refractivity contribution in [2.75, 3.05) is 13.2 Å². The monoisotopic (exact) mass is 1260 g/mol. The molecule has 0 fully saturated rings. The van der Waals surface area contributed by atoms with Gasteiger partial charge in [0, 0.05) is 12.8 Å². The van der Waals surface area contributed by atoms with Crippen LogP contribution in [0.1, 0.15) is 450 Å². The number of ether oxygens (including phenoxy) is 1. The molecule has 0 saturated heterocycles. The average molecular weight is 1260 g/mol. The van der Waals surface area contributed by atoms with Crippen LogP contribution in [0.4, 0.5) is 0 Å². The third-order valence-corrected chi connectivity index (χ3v) is 19.1. The lowest BCUT2D eigenvalue weighted by Gasteiger charge is -2.20. The molecule has 0 aromatic carbocycles. The van der Waals surface area contributed by atoms with Gasteiger partial charge in [0.25, 0.3) is 0 Å². The van der Waals surface area contributed by atoms with Crippen LogP contribution < -0.4 is 5.32 Å². The second kappa shape index (κ2) is 79.3. The van der Waals surface area contributed by atoms with Crippen LogP contribution in [0.3, 0.4) is 0 Å². The third-order valence-electron chi connectivity index (χ3n) is 19.1. The molecular weight excluding hydrogens is 1100 g/mol. The molecule has 0 heterocycles. The van der Waals surface area contributed by atoms with Crippen molar-refractivity contribution >= 4 is 11.9 Å². The number of nitrogens with one attached hydrogen (secondary N) is 1. The van der Waals surface area contributed by atoms with Gasteiger partial charge in [-0.15, -0.1) is 0 Å². The number of esters is 1. The Balaban J connectivity index is 3.37. The van der Waals surface area contributed by atoms with E-state index in [1.807, 2.05) is 6.08 Å². The predicted molar refractivity (Wildman–Crippen MR) is 398 cm³/mol. The van der Waals surface area contributed by atoms with Crippen molar-refractivity contribution in [1.82, 2.24) is 5.32 Å². The van der Waals surface area contributed by atoms with E-state index < -0.39 is 12.1 Å². The number of carbonyl (C=O) groups excluding carboxylic acids is 2. The fourth-order valence-electron chi connectivity index (χ4n) is 12.8. The van der Waals surface area contributed by atoms with Gasteiger partial charge in [0.15, 0.2) is 0 Å². The topological polar surface area (TPSA) is 95.9 Å². The van der Waals surface area contributed by atoms with Gasteiger partial charge in [-0.1, -0.05) is 396 Å². The summed E-state index contributed by atoms with van der Waals surface area (Å²) in [6.07, 6.45) is 105. The van der Waals surface area contributed by atoms with E-state index in [-0.39, 0.29) is 18.5 Å². The lowest BCUT2D eigenvalue weighted by molar-refractivity contribution is -0.143. The second-order valence-electron chi connectivity index (χ2n) is 28.1. The second-order valence-corrected chi connectivity index (χ2v) is 28.1. The van der Waals surface area contributed by atoms with Gasteiger partial charge in [-0.05, 0) is 89.9 Å². The molecule has 0 aromatic rings. The zero-order valence-electron chi connectivity index (χ0n) is 60.9. The summed E-state index contributed by atoms with van der Waals surface area (Å²) >= 11 is 0. The molecular formula is C84H159NO5. The molecule has 1 amide bonds. The molecule has 0 aliphatic rings. The fraction of sp³-hybridized carbons (Fsp3) is 0.881. The molecule has 0 spiro atoms. The molecule has 2 atom stereocenters. The maximum Gasteiger partial charge on any atom is 0.305 e. The highest BCUT2D eigenvalue weighted by molar-refractivity contribution is 5.76. The number of carbonyl (C=O) groups is 2. The number of unbranched alkanes of at least 4 members (excludes halogenated alkanes) is 60. The van der Waals surface area contributed by atoms with E-state index in [4.69, 9.17) is 4.74 Å². The van der Waals surface area contributed by atoms with Crippen molar-refractivity contribution in [3.05, 3.63) is 48.6 Å². The van der Waals surface area contributed by atoms with Crippen molar-refractivity contribution in [3.8, 4) is 0 Å². The summed E-state index contributed by atoms with van der Waals surface area (Å²) in [5, 5.41) is 23.3. The van der Waals surface area contributed by atoms with Gasteiger partial charge in [0.2, 0.25) is 5.91 Å². The SMILES string of the molecule is CCCCCCCC/C=C\CCCCCCCC(=O)OCCCCCCCCCCCCCCCCC/C=C\C/C=C\CCCCCCCCCCCCCCCCCCCC(=O)NC(CO)C(O)/C=C/CCCCCCCCCCCCCCCCCCC. The van der Waals surface area contributed by atoms with Gasteiger partial charge in [0.1, 0.15) is 0 Å². The Bertz CT molecular complexity index is 1500. The molecule has 0 aliphatic carbocycles. The van der Waals surface area contributed by atoms with Crippen molar-refractivity contribution in [1.29, 1.82) is 0 Å². The standard InChI is InChI=1S/C84H159NO5/c1-3-5-7-9-11-13-15-17-19-20-42-45-49-52-56-60-64-68-72-76-82(87)81(80-86)85-83(88)77-73-69-65-61-57-53-50-46-43-40-38-36-34-32-30-28-26-24-22-21-23-25-27-29-31-33-35-37-39-41-44-47-51-55-59-63-67-71-75-79-90-84(89)78-74-70-66-62-58-54-48-18-16-14-12-10-8-6-4-2/h18,21-22,25,27,48,72,76,81-82,86-87H,3-17,19-20,23-24,26,28-47,49-71,73-75,77-80H2,1-2H3,(H,85,88)/b22-21-,27-25-,48-18-,76-72+. The molecule has 0 saturated carbocycles. The molecule has 0 rings (SSSR count). The van der Waals surface area contributed by atoms with Crippen LogP contribution >= 0.6 is 0 Å². The molecule has 3 N–H and O–H groups in total. The summed E-state index contributed by atoms with van der Waals surface area (Å²) in [4.78, 5) is 24.6. The van der Waals surface area contributed by atoms with E-state index in [2.05, 4.69) is 55.6 Å². The third kappa shape index (κ3) is 74.9. The van der Waals surface area contributed by atoms with Crippen LogP contribution in [0.5, 0.6) is 0 Å². The Morgan fingerprint density at radius 3 is 0.856 bits per heavy atom. The highest BCUT2D eigenvalue weighted by atomic mass is 16.5. The highest BCUT2D eigenvalue weighted by Gasteiger charge is 2.18. The predicted octanol–water partition coefficient (Wildman–Crippen LogP) is 27.2. The van der Waals surface area contributed by atoms with Gasteiger partial charge in [-0.25, -0.2) is 0 Å². The first-order valence-corrected chi connectivity index (χ1v) is 40.9. The number of amides is 1. The Morgan fingerprint density at radius 1 is 0.311 bits per heavy atom. The molecule has 0 aliphatic heterocycles. The number of rotatable bonds is 77. The van der Waals surface area contributed by atoms with E-state index in [0.29, 0.717) is 19.4 Å². The van der Waals surface area contributed by atoms with E-state index in [1.165, 1.54) is 372 Å². The molecule has 0 bridgehead atoms. The minimum Gasteiger partial charge on any atom is -0.466 e. The quantitative estimate of drug-likeness (QED) is 0.0320. The number of allylic oxidation sites excluding steroid dienone is 7. The number of hydrogen-bond donors (Lipinski definition) is 3. The van der Waals surface area contributed by atoms with Crippen molar-refractivity contribution < 1.29 is 24.5 Å². The Labute approximate surface area is 563 Å². The summed E-state index contributed by atoms with van der Waals surface area (Å²) in [5.41, 5.74) is 0. The van der Waals surface area contributed by atoms with Crippen LogP contribution in [0.15, 0.2) is 48.6 Å². The molecule has 0 aromatic heterocycles. The molecule has 90 heavy (non-hydrogen) atoms. The van der Waals surface area contributed by atoms with Gasteiger partial charge in [-0.3, -0.25) is 9.59 Å². The van der Waals surface area contributed by atoms with Gasteiger partial charge in [-0.2, -0.15) is 0 Å². The zero-order chi connectivity index (χ0) is 64.9. The molecule has 2 unspecified atom stereocenters. The largest absolute Gasteiger partial charge is 0.466 e. The average Bonchev–Trinajstić information content (AvgIpc) is 3.62. The molecule has 6 heteroatoms. The van der Waals surface area contributed by atoms with E-state index in [0.717, 1.165) is 51.4 Å². The van der Waals surface area contributed by atoms with Crippen molar-refractivity contribution in [2.24, 2.45) is 0 Å². The first-order valence-electron chi connectivity index (χ1n) is 40.9. The maximum atomic E-state index is 12.5. The smallest absolute Gasteiger partial charge is 0.305 e. The summed E-state index contributed by atoms with van der Waals surface area (Å²) in [6, 6.07) is -0.627. The Morgan fingerprint density at radius 2 is 0.556 bits per heavy atom. The van der Waals surface area contributed by atoms with Crippen LogP contribution in [-0.4, -0.2) is 47.4 Å². The summed E-state index contributed by atoms with van der Waals surface area (Å²) in [6.45, 7) is 4.94. The number of aliphatic hydroxyl groups is 2.